The maximum atomic E-state index is 12.4. The quantitative estimate of drug-likeness (QED) is 0.872. The Kier molecular flexibility index (Phi) is 4.57. The number of nitrogens with one attached hydrogen (secondary N) is 1. The highest BCUT2D eigenvalue weighted by molar-refractivity contribution is 5.95. The summed E-state index contributed by atoms with van der Waals surface area (Å²) in [5.41, 5.74) is 4.36. The van der Waals surface area contributed by atoms with E-state index in [9.17, 15) is 4.79 Å². The van der Waals surface area contributed by atoms with E-state index in [4.69, 9.17) is 0 Å². The summed E-state index contributed by atoms with van der Waals surface area (Å²) in [7, 11) is 0. The van der Waals surface area contributed by atoms with E-state index in [-0.39, 0.29) is 11.8 Å². The van der Waals surface area contributed by atoms with E-state index in [0.29, 0.717) is 0 Å². The lowest BCUT2D eigenvalue weighted by Gasteiger charge is -2.16. The van der Waals surface area contributed by atoms with Gasteiger partial charge in [-0.2, -0.15) is 0 Å². The van der Waals surface area contributed by atoms with Crippen molar-refractivity contribution >= 4 is 11.6 Å². The number of hydrogen-bond donors (Lipinski definition) is 1. The van der Waals surface area contributed by atoms with E-state index in [2.05, 4.69) is 19.2 Å². The maximum absolute atomic E-state index is 12.4. The SMILES string of the molecule is CC[C@@H](C(=O)Nc1ccc(C)c(C)c1)c1ccccc1. The third-order valence-corrected chi connectivity index (χ3v) is 3.70. The van der Waals surface area contributed by atoms with Gasteiger partial charge in [0.2, 0.25) is 5.91 Å². The van der Waals surface area contributed by atoms with Crippen LogP contribution in [-0.4, -0.2) is 5.91 Å². The van der Waals surface area contributed by atoms with Crippen LogP contribution < -0.4 is 5.32 Å². The zero-order chi connectivity index (χ0) is 14.5. The van der Waals surface area contributed by atoms with Crippen molar-refractivity contribution in [3.05, 3.63) is 65.2 Å². The lowest BCUT2D eigenvalue weighted by atomic mass is 9.95. The molecule has 0 aliphatic rings. The number of amides is 1. The fraction of sp³-hybridized carbons (Fsp3) is 0.278. The van der Waals surface area contributed by atoms with E-state index < -0.39 is 0 Å². The minimum atomic E-state index is -0.0993. The highest BCUT2D eigenvalue weighted by Gasteiger charge is 2.18. The first kappa shape index (κ1) is 14.3. The predicted molar refractivity (Wildman–Crippen MR) is 84.0 cm³/mol. The molecule has 1 N–H and O–H groups in total. The number of benzene rings is 2. The Morgan fingerprint density at radius 3 is 2.35 bits per heavy atom. The Labute approximate surface area is 120 Å². The second-order valence-corrected chi connectivity index (χ2v) is 5.16. The number of carbonyl (C=O) groups is 1. The first-order valence-corrected chi connectivity index (χ1v) is 7.05. The van der Waals surface area contributed by atoms with Crippen molar-refractivity contribution in [3.63, 3.8) is 0 Å². The standard InChI is InChI=1S/C18H21NO/c1-4-17(15-8-6-5-7-9-15)18(20)19-16-11-10-13(2)14(3)12-16/h5-12,17H,4H2,1-3H3,(H,19,20)/t17-/m1/s1. The summed E-state index contributed by atoms with van der Waals surface area (Å²) in [6.45, 7) is 6.16. The molecular formula is C18H21NO. The van der Waals surface area contributed by atoms with Crippen molar-refractivity contribution < 1.29 is 4.79 Å². The summed E-state index contributed by atoms with van der Waals surface area (Å²) in [5.74, 6) is -0.0419. The van der Waals surface area contributed by atoms with Crippen molar-refractivity contribution in [2.24, 2.45) is 0 Å². The summed E-state index contributed by atoms with van der Waals surface area (Å²) < 4.78 is 0. The van der Waals surface area contributed by atoms with Gasteiger partial charge in [0.05, 0.1) is 5.92 Å². The molecule has 0 unspecified atom stereocenters. The molecule has 0 saturated carbocycles. The summed E-state index contributed by atoms with van der Waals surface area (Å²) in [6.07, 6.45) is 0.792. The molecule has 20 heavy (non-hydrogen) atoms. The van der Waals surface area contributed by atoms with E-state index in [1.54, 1.807) is 0 Å². The summed E-state index contributed by atoms with van der Waals surface area (Å²) >= 11 is 0. The van der Waals surface area contributed by atoms with Crippen molar-refractivity contribution in [1.29, 1.82) is 0 Å². The first-order chi connectivity index (χ1) is 9.61. The highest BCUT2D eigenvalue weighted by atomic mass is 16.1. The lowest BCUT2D eigenvalue weighted by molar-refractivity contribution is -0.117. The van der Waals surface area contributed by atoms with Crippen LogP contribution in [0.5, 0.6) is 0 Å². The number of anilines is 1. The van der Waals surface area contributed by atoms with Gasteiger partial charge in [-0.25, -0.2) is 0 Å². The Bertz CT molecular complexity index is 590. The van der Waals surface area contributed by atoms with Crippen LogP contribution in [0.1, 0.15) is 36.0 Å². The van der Waals surface area contributed by atoms with Crippen molar-refractivity contribution in [2.45, 2.75) is 33.1 Å². The normalized spacial score (nSPS) is 11.9. The molecule has 2 heteroatoms. The Hall–Kier alpha value is -2.09. The van der Waals surface area contributed by atoms with E-state index >= 15 is 0 Å². The average Bonchev–Trinajstić information content (AvgIpc) is 2.45. The first-order valence-electron chi connectivity index (χ1n) is 7.05. The van der Waals surface area contributed by atoms with Gasteiger partial charge in [-0.05, 0) is 49.1 Å². The molecule has 1 amide bonds. The van der Waals surface area contributed by atoms with Crippen LogP contribution in [0, 0.1) is 13.8 Å². The Morgan fingerprint density at radius 1 is 1.05 bits per heavy atom. The van der Waals surface area contributed by atoms with Gasteiger partial charge in [0, 0.05) is 5.69 Å². The molecule has 0 heterocycles. The van der Waals surface area contributed by atoms with Crippen LogP contribution in [0.25, 0.3) is 0 Å². The van der Waals surface area contributed by atoms with Crippen LogP contribution in [0.2, 0.25) is 0 Å². The second-order valence-electron chi connectivity index (χ2n) is 5.16. The van der Waals surface area contributed by atoms with E-state index in [1.165, 1.54) is 11.1 Å². The van der Waals surface area contributed by atoms with Gasteiger partial charge in [0.15, 0.2) is 0 Å². The number of aryl methyl sites for hydroxylation is 2. The maximum Gasteiger partial charge on any atom is 0.231 e. The minimum Gasteiger partial charge on any atom is -0.326 e. The monoisotopic (exact) mass is 267 g/mol. The molecule has 1 atom stereocenters. The molecule has 0 aliphatic heterocycles. The second kappa shape index (κ2) is 6.38. The lowest BCUT2D eigenvalue weighted by Crippen LogP contribution is -2.20. The smallest absolute Gasteiger partial charge is 0.231 e. The van der Waals surface area contributed by atoms with Gasteiger partial charge in [-0.1, -0.05) is 43.3 Å². The van der Waals surface area contributed by atoms with Crippen LogP contribution >= 0.6 is 0 Å². The van der Waals surface area contributed by atoms with Crippen LogP contribution in [0.3, 0.4) is 0 Å². The van der Waals surface area contributed by atoms with Gasteiger partial charge in [-0.15, -0.1) is 0 Å². The number of hydrogen-bond acceptors (Lipinski definition) is 1. The molecule has 0 aliphatic carbocycles. The van der Waals surface area contributed by atoms with Gasteiger partial charge >= 0.3 is 0 Å². The zero-order valence-electron chi connectivity index (χ0n) is 12.3. The zero-order valence-corrected chi connectivity index (χ0v) is 12.3. The van der Waals surface area contributed by atoms with Crippen LogP contribution in [0.4, 0.5) is 5.69 Å². The topological polar surface area (TPSA) is 29.1 Å². The van der Waals surface area contributed by atoms with Crippen molar-refractivity contribution in [1.82, 2.24) is 0 Å². The Morgan fingerprint density at radius 2 is 1.75 bits per heavy atom. The van der Waals surface area contributed by atoms with Gasteiger partial charge in [0.25, 0.3) is 0 Å². The molecule has 0 fully saturated rings. The highest BCUT2D eigenvalue weighted by Crippen LogP contribution is 2.22. The molecule has 104 valence electrons. The number of carbonyl (C=O) groups excluding carboxylic acids is 1. The molecule has 2 nitrogen and oxygen atoms in total. The summed E-state index contributed by atoms with van der Waals surface area (Å²) in [6, 6.07) is 15.9. The molecule has 0 radical (unpaired) electrons. The van der Waals surface area contributed by atoms with Gasteiger partial charge in [0.1, 0.15) is 0 Å². The van der Waals surface area contributed by atoms with Crippen molar-refractivity contribution in [2.75, 3.05) is 5.32 Å². The van der Waals surface area contributed by atoms with E-state index in [1.807, 2.05) is 55.5 Å². The Balaban J connectivity index is 2.15. The third kappa shape index (κ3) is 3.27. The minimum absolute atomic E-state index is 0.0574. The van der Waals surface area contributed by atoms with Crippen molar-refractivity contribution in [3.8, 4) is 0 Å². The molecule has 2 rings (SSSR count). The fourth-order valence-electron chi connectivity index (χ4n) is 2.31. The summed E-state index contributed by atoms with van der Waals surface area (Å²) in [4.78, 5) is 12.4. The van der Waals surface area contributed by atoms with E-state index in [0.717, 1.165) is 17.7 Å². The van der Waals surface area contributed by atoms with Gasteiger partial charge < -0.3 is 5.32 Å². The molecule has 2 aromatic rings. The predicted octanol–water partition coefficient (Wildman–Crippen LogP) is 4.44. The average molecular weight is 267 g/mol. The molecule has 0 saturated heterocycles. The third-order valence-electron chi connectivity index (χ3n) is 3.70. The molecular weight excluding hydrogens is 246 g/mol. The van der Waals surface area contributed by atoms with Crippen LogP contribution in [0.15, 0.2) is 48.5 Å². The molecule has 0 bridgehead atoms. The van der Waals surface area contributed by atoms with Crippen LogP contribution in [-0.2, 0) is 4.79 Å². The number of rotatable bonds is 4. The fourth-order valence-corrected chi connectivity index (χ4v) is 2.31. The molecule has 0 spiro atoms. The summed E-state index contributed by atoms with van der Waals surface area (Å²) in [5, 5.41) is 3.02. The molecule has 0 aromatic heterocycles. The molecule has 2 aromatic carbocycles. The van der Waals surface area contributed by atoms with Gasteiger partial charge in [-0.3, -0.25) is 4.79 Å². The largest absolute Gasteiger partial charge is 0.326 e.